The van der Waals surface area contributed by atoms with Crippen LogP contribution in [-0.2, 0) is 6.42 Å². The van der Waals surface area contributed by atoms with Gasteiger partial charge in [-0.1, -0.05) is 24.3 Å². The average Bonchev–Trinajstić information content (AvgIpc) is 2.50. The van der Waals surface area contributed by atoms with E-state index in [9.17, 15) is 5.11 Å². The van der Waals surface area contributed by atoms with Crippen LogP contribution >= 0.6 is 11.6 Å². The predicted molar refractivity (Wildman–Crippen MR) is 62.2 cm³/mol. The Morgan fingerprint density at radius 1 is 1.53 bits per heavy atom. The lowest BCUT2D eigenvalue weighted by atomic mass is 10.1. The lowest BCUT2D eigenvalue weighted by molar-refractivity contribution is 0.142. The molecule has 0 aliphatic heterocycles. The Kier molecular flexibility index (Phi) is 3.29. The average molecular weight is 226 g/mol. The molecule has 15 heavy (non-hydrogen) atoms. The van der Waals surface area contributed by atoms with Crippen molar-refractivity contribution in [3.05, 3.63) is 35.4 Å². The van der Waals surface area contributed by atoms with Crippen molar-refractivity contribution in [3.8, 4) is 0 Å². The summed E-state index contributed by atoms with van der Waals surface area (Å²) in [4.78, 5) is 0. The van der Waals surface area contributed by atoms with Gasteiger partial charge in [-0.25, -0.2) is 0 Å². The molecule has 0 radical (unpaired) electrons. The minimum atomic E-state index is -0.321. The van der Waals surface area contributed by atoms with Crippen LogP contribution in [0.4, 0.5) is 0 Å². The number of aliphatic hydroxyl groups excluding tert-OH is 1. The maximum absolute atomic E-state index is 9.92. The summed E-state index contributed by atoms with van der Waals surface area (Å²) < 4.78 is 0. The Bertz CT molecular complexity index is 340. The van der Waals surface area contributed by atoms with Crippen LogP contribution in [0, 0.1) is 0 Å². The maximum atomic E-state index is 9.92. The van der Waals surface area contributed by atoms with Crippen molar-refractivity contribution in [2.24, 2.45) is 0 Å². The molecule has 0 saturated heterocycles. The summed E-state index contributed by atoms with van der Waals surface area (Å²) in [5.74, 6) is 0. The molecule has 0 amide bonds. The van der Waals surface area contributed by atoms with Crippen molar-refractivity contribution < 1.29 is 5.11 Å². The van der Waals surface area contributed by atoms with E-state index in [1.807, 2.05) is 19.1 Å². The van der Waals surface area contributed by atoms with Crippen LogP contribution < -0.4 is 5.32 Å². The molecule has 0 heterocycles. The maximum Gasteiger partial charge on any atom is 0.0775 e. The van der Waals surface area contributed by atoms with E-state index in [0.29, 0.717) is 0 Å². The van der Waals surface area contributed by atoms with Crippen molar-refractivity contribution in [2.75, 3.05) is 6.54 Å². The molecule has 0 unspecified atom stereocenters. The number of halogens is 1. The molecule has 1 aromatic rings. The highest BCUT2D eigenvalue weighted by Crippen LogP contribution is 2.31. The number of hydrogen-bond donors (Lipinski definition) is 2. The van der Waals surface area contributed by atoms with Crippen molar-refractivity contribution in [3.63, 3.8) is 0 Å². The van der Waals surface area contributed by atoms with E-state index in [1.165, 1.54) is 11.1 Å². The predicted octanol–water partition coefficient (Wildman–Crippen LogP) is 1.86. The molecule has 3 atom stereocenters. The molecule has 3 heteroatoms. The Labute approximate surface area is 95.3 Å². The Morgan fingerprint density at radius 3 is 3.00 bits per heavy atom. The van der Waals surface area contributed by atoms with Gasteiger partial charge in [0, 0.05) is 18.3 Å². The van der Waals surface area contributed by atoms with Crippen LogP contribution in [0.15, 0.2) is 24.3 Å². The van der Waals surface area contributed by atoms with Gasteiger partial charge in [-0.15, -0.1) is 11.6 Å². The van der Waals surface area contributed by atoms with E-state index in [-0.39, 0.29) is 17.5 Å². The van der Waals surface area contributed by atoms with Gasteiger partial charge in [-0.3, -0.25) is 0 Å². The first-order valence-electron chi connectivity index (χ1n) is 5.32. The fourth-order valence-electron chi connectivity index (χ4n) is 2.11. The number of alkyl halides is 1. The van der Waals surface area contributed by atoms with E-state index >= 15 is 0 Å². The zero-order valence-electron chi connectivity index (χ0n) is 8.78. The van der Waals surface area contributed by atoms with E-state index in [4.69, 9.17) is 11.6 Å². The third-order valence-electron chi connectivity index (χ3n) is 2.82. The van der Waals surface area contributed by atoms with Gasteiger partial charge in [-0.05, 0) is 18.1 Å². The minimum Gasteiger partial charge on any atom is -0.391 e. The van der Waals surface area contributed by atoms with Gasteiger partial charge < -0.3 is 10.4 Å². The molecule has 1 aromatic carbocycles. The number of aliphatic hydroxyl groups is 1. The molecule has 1 aliphatic carbocycles. The Hall–Kier alpha value is -0.570. The second-order valence-corrected chi connectivity index (χ2v) is 4.88. The van der Waals surface area contributed by atoms with E-state index in [2.05, 4.69) is 17.4 Å². The van der Waals surface area contributed by atoms with Gasteiger partial charge in [0.1, 0.15) is 0 Å². The van der Waals surface area contributed by atoms with Crippen molar-refractivity contribution in [1.29, 1.82) is 0 Å². The molecule has 0 fully saturated rings. The molecule has 2 N–H and O–H groups in total. The number of benzene rings is 1. The van der Waals surface area contributed by atoms with Gasteiger partial charge in [0.05, 0.1) is 12.1 Å². The molecular formula is C12H16ClNO. The smallest absolute Gasteiger partial charge is 0.0775 e. The topological polar surface area (TPSA) is 32.3 Å². The van der Waals surface area contributed by atoms with E-state index < -0.39 is 0 Å². The molecule has 2 nitrogen and oxygen atoms in total. The van der Waals surface area contributed by atoms with Gasteiger partial charge >= 0.3 is 0 Å². The molecule has 0 aromatic heterocycles. The normalized spacial score (nSPS) is 26.3. The van der Waals surface area contributed by atoms with Crippen LogP contribution in [0.2, 0.25) is 0 Å². The third-order valence-corrected chi connectivity index (χ3v) is 2.98. The Balaban J connectivity index is 2.11. The number of fused-ring (bicyclic) bond motifs is 1. The molecule has 0 spiro atoms. The second kappa shape index (κ2) is 4.52. The fourth-order valence-corrected chi connectivity index (χ4v) is 2.20. The molecule has 0 saturated carbocycles. The second-order valence-electron chi connectivity index (χ2n) is 4.14. The highest BCUT2D eigenvalue weighted by molar-refractivity contribution is 6.20. The molecule has 0 bridgehead atoms. The first kappa shape index (κ1) is 10.9. The minimum absolute atomic E-state index is 0.0439. The van der Waals surface area contributed by atoms with Gasteiger partial charge in [0.15, 0.2) is 0 Å². The SMILES string of the molecule is C[C@H](Cl)CN[C@H]1c2ccccc2C[C@@H]1O. The summed E-state index contributed by atoms with van der Waals surface area (Å²) in [6.45, 7) is 2.67. The molecule has 82 valence electrons. The fraction of sp³-hybridized carbons (Fsp3) is 0.500. The summed E-state index contributed by atoms with van der Waals surface area (Å²) in [6, 6.07) is 8.21. The monoisotopic (exact) mass is 225 g/mol. The van der Waals surface area contributed by atoms with Gasteiger partial charge in [0.2, 0.25) is 0 Å². The summed E-state index contributed by atoms with van der Waals surface area (Å²) in [7, 11) is 0. The van der Waals surface area contributed by atoms with E-state index in [1.54, 1.807) is 0 Å². The molecular weight excluding hydrogens is 210 g/mol. The summed E-state index contributed by atoms with van der Waals surface area (Å²) in [6.07, 6.45) is 0.419. The van der Waals surface area contributed by atoms with Crippen molar-refractivity contribution >= 4 is 11.6 Å². The quantitative estimate of drug-likeness (QED) is 0.770. The lowest BCUT2D eigenvalue weighted by Crippen LogP contribution is -2.32. The van der Waals surface area contributed by atoms with Gasteiger partial charge in [0.25, 0.3) is 0 Å². The zero-order chi connectivity index (χ0) is 10.8. The largest absolute Gasteiger partial charge is 0.391 e. The lowest BCUT2D eigenvalue weighted by Gasteiger charge is -2.18. The first-order valence-corrected chi connectivity index (χ1v) is 5.75. The molecule has 2 rings (SSSR count). The van der Waals surface area contributed by atoms with Crippen molar-refractivity contribution in [2.45, 2.75) is 30.9 Å². The summed E-state index contributed by atoms with van der Waals surface area (Å²) >= 11 is 5.89. The van der Waals surface area contributed by atoms with Gasteiger partial charge in [-0.2, -0.15) is 0 Å². The number of rotatable bonds is 3. The van der Waals surface area contributed by atoms with Crippen molar-refractivity contribution in [1.82, 2.24) is 5.32 Å². The van der Waals surface area contributed by atoms with Crippen LogP contribution in [0.1, 0.15) is 24.1 Å². The highest BCUT2D eigenvalue weighted by atomic mass is 35.5. The van der Waals surface area contributed by atoms with Crippen LogP contribution in [0.25, 0.3) is 0 Å². The van der Waals surface area contributed by atoms with Crippen LogP contribution in [0.3, 0.4) is 0 Å². The summed E-state index contributed by atoms with van der Waals surface area (Å²) in [5.41, 5.74) is 2.45. The van der Waals surface area contributed by atoms with Crippen LogP contribution in [-0.4, -0.2) is 23.1 Å². The Morgan fingerprint density at radius 2 is 2.27 bits per heavy atom. The number of nitrogens with one attached hydrogen (secondary N) is 1. The van der Waals surface area contributed by atoms with E-state index in [0.717, 1.165) is 13.0 Å². The highest BCUT2D eigenvalue weighted by Gasteiger charge is 2.30. The summed E-state index contributed by atoms with van der Waals surface area (Å²) in [5, 5.41) is 13.3. The standard InChI is InChI=1S/C12H16ClNO/c1-8(13)7-14-12-10-5-3-2-4-9(10)6-11(12)15/h2-5,8,11-12,14-15H,6-7H2,1H3/t8-,11-,12-/m0/s1. The zero-order valence-corrected chi connectivity index (χ0v) is 9.54. The third kappa shape index (κ3) is 2.33. The van der Waals surface area contributed by atoms with Crippen LogP contribution in [0.5, 0.6) is 0 Å². The molecule has 1 aliphatic rings. The number of hydrogen-bond acceptors (Lipinski definition) is 2. The first-order chi connectivity index (χ1) is 7.18.